The van der Waals surface area contributed by atoms with Gasteiger partial charge in [-0.15, -0.1) is 0 Å². The van der Waals surface area contributed by atoms with Crippen molar-refractivity contribution in [2.24, 2.45) is 0 Å². The zero-order valence-corrected chi connectivity index (χ0v) is 18.6. The van der Waals surface area contributed by atoms with E-state index in [0.717, 1.165) is 22.6 Å². The van der Waals surface area contributed by atoms with Gasteiger partial charge in [-0.1, -0.05) is 36.4 Å². The average Bonchev–Trinajstić information content (AvgIpc) is 3.43. The number of ether oxygens (including phenoxy) is 1. The van der Waals surface area contributed by atoms with E-state index in [1.54, 1.807) is 15.6 Å². The molecule has 8 nitrogen and oxygen atoms in total. The normalized spacial score (nSPS) is 10.7. The van der Waals surface area contributed by atoms with Crippen LogP contribution in [0.5, 0.6) is 0 Å². The standard InChI is InChI=1S/C25H25N5O3/c1-18-25(19(2)30(28-18)22-11-7-4-8-12-22)27-23(31)17-33-24(32)14-13-20-15-26-29(16-20)21-9-5-3-6-10-21/h3-12,15-16H,13-14,17H2,1-2H3,(H,27,31). The predicted octanol–water partition coefficient (Wildman–Crippen LogP) is 3.79. The molecule has 168 valence electrons. The first-order valence-electron chi connectivity index (χ1n) is 10.7. The fourth-order valence-corrected chi connectivity index (χ4v) is 3.50. The number of rotatable bonds is 8. The molecule has 2 aromatic heterocycles. The zero-order chi connectivity index (χ0) is 23.2. The van der Waals surface area contributed by atoms with Gasteiger partial charge < -0.3 is 10.1 Å². The Morgan fingerprint density at radius 3 is 2.33 bits per heavy atom. The third-order valence-corrected chi connectivity index (χ3v) is 5.20. The molecule has 1 N–H and O–H groups in total. The van der Waals surface area contributed by atoms with Crippen LogP contribution in [-0.2, 0) is 20.7 Å². The molecule has 2 aromatic carbocycles. The summed E-state index contributed by atoms with van der Waals surface area (Å²) in [5.41, 5.74) is 4.87. The molecule has 0 fully saturated rings. The van der Waals surface area contributed by atoms with Gasteiger partial charge in [0.05, 0.1) is 34.6 Å². The van der Waals surface area contributed by atoms with Gasteiger partial charge in [0.15, 0.2) is 6.61 Å². The van der Waals surface area contributed by atoms with E-state index in [9.17, 15) is 9.59 Å². The van der Waals surface area contributed by atoms with Gasteiger partial charge in [0, 0.05) is 12.6 Å². The van der Waals surface area contributed by atoms with Crippen molar-refractivity contribution in [3.05, 3.63) is 90.0 Å². The summed E-state index contributed by atoms with van der Waals surface area (Å²) in [6.45, 7) is 3.35. The van der Waals surface area contributed by atoms with E-state index < -0.39 is 11.9 Å². The molecule has 0 saturated carbocycles. The van der Waals surface area contributed by atoms with E-state index in [4.69, 9.17) is 4.74 Å². The van der Waals surface area contributed by atoms with Gasteiger partial charge in [-0.05, 0) is 50.1 Å². The maximum atomic E-state index is 12.4. The lowest BCUT2D eigenvalue weighted by Crippen LogP contribution is -2.21. The van der Waals surface area contributed by atoms with Crippen molar-refractivity contribution in [1.82, 2.24) is 19.6 Å². The molecule has 0 aliphatic carbocycles. The summed E-state index contributed by atoms with van der Waals surface area (Å²) in [4.78, 5) is 24.5. The SMILES string of the molecule is Cc1nn(-c2ccccc2)c(C)c1NC(=O)COC(=O)CCc1cnn(-c2ccccc2)c1. The Morgan fingerprint density at radius 1 is 0.970 bits per heavy atom. The molecule has 0 atom stereocenters. The molecule has 2 heterocycles. The van der Waals surface area contributed by atoms with Crippen molar-refractivity contribution in [2.75, 3.05) is 11.9 Å². The number of carbonyl (C=O) groups is 2. The van der Waals surface area contributed by atoms with Gasteiger partial charge in [0.2, 0.25) is 0 Å². The Bertz CT molecular complexity index is 1250. The number of nitrogens with zero attached hydrogens (tertiary/aromatic N) is 4. The highest BCUT2D eigenvalue weighted by Crippen LogP contribution is 2.22. The van der Waals surface area contributed by atoms with Crippen molar-refractivity contribution >= 4 is 17.6 Å². The average molecular weight is 444 g/mol. The van der Waals surface area contributed by atoms with Crippen LogP contribution in [0.2, 0.25) is 0 Å². The van der Waals surface area contributed by atoms with E-state index in [-0.39, 0.29) is 13.0 Å². The fraction of sp³-hybridized carbons (Fsp3) is 0.200. The van der Waals surface area contributed by atoms with Gasteiger partial charge >= 0.3 is 5.97 Å². The smallest absolute Gasteiger partial charge is 0.306 e. The van der Waals surface area contributed by atoms with Crippen molar-refractivity contribution in [3.63, 3.8) is 0 Å². The Morgan fingerprint density at radius 2 is 1.64 bits per heavy atom. The van der Waals surface area contributed by atoms with E-state index in [0.29, 0.717) is 17.8 Å². The van der Waals surface area contributed by atoms with Crippen LogP contribution in [-0.4, -0.2) is 38.0 Å². The number of hydrogen-bond acceptors (Lipinski definition) is 5. The number of hydrogen-bond donors (Lipinski definition) is 1. The molecule has 0 radical (unpaired) electrons. The van der Waals surface area contributed by atoms with Gasteiger partial charge in [-0.25, -0.2) is 9.36 Å². The molecule has 4 rings (SSSR count). The number of amides is 1. The summed E-state index contributed by atoms with van der Waals surface area (Å²) >= 11 is 0. The summed E-state index contributed by atoms with van der Waals surface area (Å²) in [7, 11) is 0. The number of para-hydroxylation sites is 2. The van der Waals surface area contributed by atoms with Crippen LogP contribution in [0.25, 0.3) is 11.4 Å². The first kappa shape index (κ1) is 22.0. The lowest BCUT2D eigenvalue weighted by atomic mass is 10.2. The second kappa shape index (κ2) is 9.95. The van der Waals surface area contributed by atoms with Crippen LogP contribution in [0, 0.1) is 13.8 Å². The minimum Gasteiger partial charge on any atom is -0.456 e. The molecule has 0 aliphatic heterocycles. The number of anilines is 1. The lowest BCUT2D eigenvalue weighted by molar-refractivity contribution is -0.147. The Hall–Kier alpha value is -4.20. The Kier molecular flexibility index (Phi) is 6.64. The maximum absolute atomic E-state index is 12.4. The highest BCUT2D eigenvalue weighted by Gasteiger charge is 2.16. The largest absolute Gasteiger partial charge is 0.456 e. The van der Waals surface area contributed by atoms with Crippen LogP contribution < -0.4 is 5.32 Å². The minimum absolute atomic E-state index is 0.164. The molecule has 0 spiro atoms. The van der Waals surface area contributed by atoms with Gasteiger partial charge in [0.25, 0.3) is 5.91 Å². The highest BCUT2D eigenvalue weighted by molar-refractivity contribution is 5.93. The van der Waals surface area contributed by atoms with Crippen LogP contribution in [0.15, 0.2) is 73.1 Å². The number of carbonyl (C=O) groups excluding carboxylic acids is 2. The van der Waals surface area contributed by atoms with Crippen molar-refractivity contribution in [3.8, 4) is 11.4 Å². The highest BCUT2D eigenvalue weighted by atomic mass is 16.5. The van der Waals surface area contributed by atoms with Crippen molar-refractivity contribution < 1.29 is 14.3 Å². The third-order valence-electron chi connectivity index (χ3n) is 5.20. The van der Waals surface area contributed by atoms with Crippen LogP contribution in [0.4, 0.5) is 5.69 Å². The Balaban J connectivity index is 1.27. The van der Waals surface area contributed by atoms with E-state index >= 15 is 0 Å². The van der Waals surface area contributed by atoms with Gasteiger partial charge in [-0.3, -0.25) is 9.59 Å². The molecule has 0 aliphatic rings. The van der Waals surface area contributed by atoms with Crippen molar-refractivity contribution in [1.29, 1.82) is 0 Å². The molecule has 4 aromatic rings. The summed E-state index contributed by atoms with van der Waals surface area (Å²) in [6, 6.07) is 19.4. The van der Waals surface area contributed by atoms with Crippen LogP contribution in [0.1, 0.15) is 23.4 Å². The van der Waals surface area contributed by atoms with Gasteiger partial charge in [-0.2, -0.15) is 10.2 Å². The maximum Gasteiger partial charge on any atom is 0.306 e. The van der Waals surface area contributed by atoms with E-state index in [1.165, 1.54) is 0 Å². The molecule has 0 unspecified atom stereocenters. The molecule has 8 heteroatoms. The molecule has 33 heavy (non-hydrogen) atoms. The first-order chi connectivity index (χ1) is 16.0. The number of aromatic nitrogens is 4. The third kappa shape index (κ3) is 5.35. The predicted molar refractivity (Wildman–Crippen MR) is 125 cm³/mol. The second-order valence-electron chi connectivity index (χ2n) is 7.63. The lowest BCUT2D eigenvalue weighted by Gasteiger charge is -2.08. The number of esters is 1. The van der Waals surface area contributed by atoms with Crippen molar-refractivity contribution in [2.45, 2.75) is 26.7 Å². The van der Waals surface area contributed by atoms with E-state index in [2.05, 4.69) is 15.5 Å². The minimum atomic E-state index is -0.439. The van der Waals surface area contributed by atoms with Gasteiger partial charge in [0.1, 0.15) is 0 Å². The number of aryl methyl sites for hydroxylation is 2. The quantitative estimate of drug-likeness (QED) is 0.419. The monoisotopic (exact) mass is 443 g/mol. The second-order valence-corrected chi connectivity index (χ2v) is 7.63. The number of benzene rings is 2. The van der Waals surface area contributed by atoms with Crippen LogP contribution >= 0.6 is 0 Å². The molecular weight excluding hydrogens is 418 g/mol. The first-order valence-corrected chi connectivity index (χ1v) is 10.7. The summed E-state index contributed by atoms with van der Waals surface area (Å²) in [5.74, 6) is -0.843. The summed E-state index contributed by atoms with van der Waals surface area (Å²) < 4.78 is 8.68. The molecule has 0 bridgehead atoms. The van der Waals surface area contributed by atoms with Crippen LogP contribution in [0.3, 0.4) is 0 Å². The Labute approximate surface area is 191 Å². The molecular formula is C25H25N5O3. The molecule has 1 amide bonds. The summed E-state index contributed by atoms with van der Waals surface area (Å²) in [5, 5.41) is 11.6. The topological polar surface area (TPSA) is 91.0 Å². The summed E-state index contributed by atoms with van der Waals surface area (Å²) in [6.07, 6.45) is 4.25. The zero-order valence-electron chi connectivity index (χ0n) is 18.6. The van der Waals surface area contributed by atoms with E-state index in [1.807, 2.05) is 80.7 Å². The number of nitrogens with one attached hydrogen (secondary N) is 1. The fourth-order valence-electron chi connectivity index (χ4n) is 3.50. The molecule has 0 saturated heterocycles.